The molecule has 0 spiro atoms. The van der Waals surface area contributed by atoms with Gasteiger partial charge in [-0.3, -0.25) is 9.59 Å². The molecule has 0 fully saturated rings. The molecule has 0 saturated carbocycles. The third-order valence-corrected chi connectivity index (χ3v) is 3.71. The van der Waals surface area contributed by atoms with E-state index < -0.39 is 0 Å². The molecule has 1 aromatic carbocycles. The summed E-state index contributed by atoms with van der Waals surface area (Å²) in [6, 6.07) is 10.9. The van der Waals surface area contributed by atoms with E-state index in [0.29, 0.717) is 5.82 Å². The first-order valence-corrected chi connectivity index (χ1v) is 7.98. The highest BCUT2D eigenvalue weighted by Gasteiger charge is 2.17. The number of rotatable bonds is 5. The van der Waals surface area contributed by atoms with Gasteiger partial charge in [0.2, 0.25) is 11.8 Å². The molecular formula is C17H18BrN3O2. The van der Waals surface area contributed by atoms with Crippen LogP contribution in [0, 0.1) is 6.92 Å². The molecule has 0 radical (unpaired) electrons. The molecule has 2 rings (SSSR count). The van der Waals surface area contributed by atoms with Crippen LogP contribution in [-0.2, 0) is 9.59 Å². The number of hydrogen-bond acceptors (Lipinski definition) is 3. The molecule has 1 heterocycles. The topological polar surface area (TPSA) is 71.1 Å². The van der Waals surface area contributed by atoms with Crippen molar-refractivity contribution in [3.63, 3.8) is 0 Å². The van der Waals surface area contributed by atoms with Crippen LogP contribution in [0.25, 0.3) is 0 Å². The van der Waals surface area contributed by atoms with Gasteiger partial charge in [0.1, 0.15) is 5.82 Å². The van der Waals surface area contributed by atoms with Crippen LogP contribution in [0.4, 0.5) is 5.82 Å². The van der Waals surface area contributed by atoms with Gasteiger partial charge in [0.05, 0.1) is 12.5 Å². The average molecular weight is 376 g/mol. The summed E-state index contributed by atoms with van der Waals surface area (Å²) in [7, 11) is 0. The zero-order chi connectivity index (χ0) is 16.8. The van der Waals surface area contributed by atoms with Crippen molar-refractivity contribution in [2.45, 2.75) is 26.3 Å². The maximum absolute atomic E-state index is 12.2. The SMILES string of the molecule is CC(=O)NC(CC(=O)Nc1ccc(Br)cn1)c1ccc(C)cc1. The Bertz CT molecular complexity index is 684. The van der Waals surface area contributed by atoms with Crippen molar-refractivity contribution in [3.05, 3.63) is 58.2 Å². The second-order valence-electron chi connectivity index (χ2n) is 5.28. The number of carbonyl (C=O) groups is 2. The van der Waals surface area contributed by atoms with Crippen LogP contribution >= 0.6 is 15.9 Å². The van der Waals surface area contributed by atoms with E-state index in [1.165, 1.54) is 6.92 Å². The Morgan fingerprint density at radius 3 is 2.43 bits per heavy atom. The maximum Gasteiger partial charge on any atom is 0.227 e. The van der Waals surface area contributed by atoms with E-state index in [1.807, 2.05) is 31.2 Å². The van der Waals surface area contributed by atoms with Gasteiger partial charge >= 0.3 is 0 Å². The number of nitrogens with one attached hydrogen (secondary N) is 2. The summed E-state index contributed by atoms with van der Waals surface area (Å²) in [6.07, 6.45) is 1.75. The van der Waals surface area contributed by atoms with Gasteiger partial charge in [0.25, 0.3) is 0 Å². The fourth-order valence-electron chi connectivity index (χ4n) is 2.13. The van der Waals surface area contributed by atoms with Gasteiger partial charge in [-0.25, -0.2) is 4.98 Å². The Labute approximate surface area is 143 Å². The van der Waals surface area contributed by atoms with Gasteiger partial charge in [-0.15, -0.1) is 0 Å². The van der Waals surface area contributed by atoms with Crippen molar-refractivity contribution in [2.75, 3.05) is 5.32 Å². The Hall–Kier alpha value is -2.21. The number of amides is 2. The van der Waals surface area contributed by atoms with Gasteiger partial charge < -0.3 is 10.6 Å². The number of aromatic nitrogens is 1. The van der Waals surface area contributed by atoms with Gasteiger partial charge in [-0.1, -0.05) is 29.8 Å². The molecule has 1 unspecified atom stereocenters. The fraction of sp³-hybridized carbons (Fsp3) is 0.235. The van der Waals surface area contributed by atoms with Crippen LogP contribution in [0.3, 0.4) is 0 Å². The molecule has 6 heteroatoms. The summed E-state index contributed by atoms with van der Waals surface area (Å²) in [5.74, 6) is 0.0907. The summed E-state index contributed by atoms with van der Waals surface area (Å²) in [5.41, 5.74) is 2.02. The summed E-state index contributed by atoms with van der Waals surface area (Å²) < 4.78 is 0.839. The molecule has 1 aromatic heterocycles. The lowest BCUT2D eigenvalue weighted by Crippen LogP contribution is -2.29. The average Bonchev–Trinajstić information content (AvgIpc) is 2.49. The summed E-state index contributed by atoms with van der Waals surface area (Å²) in [5, 5.41) is 5.55. The normalized spacial score (nSPS) is 11.6. The lowest BCUT2D eigenvalue weighted by atomic mass is 10.0. The van der Waals surface area contributed by atoms with Crippen LogP contribution in [0.1, 0.15) is 30.5 Å². The molecule has 2 amide bonds. The number of anilines is 1. The van der Waals surface area contributed by atoms with Gasteiger partial charge in [-0.2, -0.15) is 0 Å². The van der Waals surface area contributed by atoms with Crippen molar-refractivity contribution < 1.29 is 9.59 Å². The standard InChI is InChI=1S/C17H18BrN3O2/c1-11-3-5-13(6-4-11)15(20-12(2)22)9-17(23)21-16-8-7-14(18)10-19-16/h3-8,10,15H,9H2,1-2H3,(H,20,22)(H,19,21,23). The van der Waals surface area contributed by atoms with Gasteiger partial charge in [0, 0.05) is 17.6 Å². The third-order valence-electron chi connectivity index (χ3n) is 3.24. The van der Waals surface area contributed by atoms with Crippen molar-refractivity contribution in [2.24, 2.45) is 0 Å². The van der Waals surface area contributed by atoms with Crippen LogP contribution < -0.4 is 10.6 Å². The minimum Gasteiger partial charge on any atom is -0.349 e. The molecule has 0 bridgehead atoms. The highest BCUT2D eigenvalue weighted by Crippen LogP contribution is 2.19. The van der Waals surface area contributed by atoms with E-state index in [1.54, 1.807) is 18.3 Å². The van der Waals surface area contributed by atoms with Crippen LogP contribution in [-0.4, -0.2) is 16.8 Å². The molecule has 5 nitrogen and oxygen atoms in total. The van der Waals surface area contributed by atoms with E-state index >= 15 is 0 Å². The van der Waals surface area contributed by atoms with E-state index in [0.717, 1.165) is 15.6 Å². The molecule has 1 atom stereocenters. The number of pyridine rings is 1. The maximum atomic E-state index is 12.2. The number of aryl methyl sites for hydroxylation is 1. The molecule has 2 N–H and O–H groups in total. The first kappa shape index (κ1) is 17.1. The molecular weight excluding hydrogens is 358 g/mol. The van der Waals surface area contributed by atoms with E-state index in [-0.39, 0.29) is 24.3 Å². The predicted molar refractivity (Wildman–Crippen MR) is 92.9 cm³/mol. The minimum absolute atomic E-state index is 0.139. The third kappa shape index (κ3) is 5.49. The molecule has 120 valence electrons. The van der Waals surface area contributed by atoms with E-state index in [2.05, 4.69) is 31.5 Å². The van der Waals surface area contributed by atoms with Gasteiger partial charge in [-0.05, 0) is 40.5 Å². The Morgan fingerprint density at radius 2 is 1.87 bits per heavy atom. The predicted octanol–water partition coefficient (Wildman–Crippen LogP) is 3.36. The lowest BCUT2D eigenvalue weighted by molar-refractivity contribution is -0.120. The summed E-state index contributed by atoms with van der Waals surface area (Å²) in [4.78, 5) is 27.7. The van der Waals surface area contributed by atoms with E-state index in [9.17, 15) is 9.59 Å². The van der Waals surface area contributed by atoms with Crippen LogP contribution in [0.5, 0.6) is 0 Å². The van der Waals surface area contributed by atoms with Crippen molar-refractivity contribution in [3.8, 4) is 0 Å². The molecule has 0 saturated heterocycles. The van der Waals surface area contributed by atoms with Crippen molar-refractivity contribution in [1.82, 2.24) is 10.3 Å². The Morgan fingerprint density at radius 1 is 1.17 bits per heavy atom. The first-order valence-electron chi connectivity index (χ1n) is 7.19. The number of carbonyl (C=O) groups excluding carboxylic acids is 2. The summed E-state index contributed by atoms with van der Waals surface area (Å²) in [6.45, 7) is 3.43. The molecule has 0 aliphatic carbocycles. The number of benzene rings is 1. The van der Waals surface area contributed by atoms with E-state index in [4.69, 9.17) is 0 Å². The quantitative estimate of drug-likeness (QED) is 0.841. The fourth-order valence-corrected chi connectivity index (χ4v) is 2.36. The lowest BCUT2D eigenvalue weighted by Gasteiger charge is -2.18. The summed E-state index contributed by atoms with van der Waals surface area (Å²) >= 11 is 3.29. The molecule has 0 aliphatic heterocycles. The zero-order valence-corrected chi connectivity index (χ0v) is 14.6. The number of halogens is 1. The smallest absolute Gasteiger partial charge is 0.227 e. The first-order chi connectivity index (χ1) is 10.9. The molecule has 2 aromatic rings. The second kappa shape index (κ2) is 7.87. The molecule has 0 aliphatic rings. The highest BCUT2D eigenvalue weighted by molar-refractivity contribution is 9.10. The largest absolute Gasteiger partial charge is 0.349 e. The zero-order valence-electron chi connectivity index (χ0n) is 13.0. The highest BCUT2D eigenvalue weighted by atomic mass is 79.9. The number of nitrogens with zero attached hydrogens (tertiary/aromatic N) is 1. The van der Waals surface area contributed by atoms with Gasteiger partial charge in [0.15, 0.2) is 0 Å². The molecule has 23 heavy (non-hydrogen) atoms. The van der Waals surface area contributed by atoms with Crippen molar-refractivity contribution in [1.29, 1.82) is 0 Å². The van der Waals surface area contributed by atoms with Crippen LogP contribution in [0.2, 0.25) is 0 Å². The number of hydrogen-bond donors (Lipinski definition) is 2. The van der Waals surface area contributed by atoms with Crippen molar-refractivity contribution >= 4 is 33.6 Å². The Balaban J connectivity index is 2.07. The second-order valence-corrected chi connectivity index (χ2v) is 6.19. The minimum atomic E-state index is -0.372. The monoisotopic (exact) mass is 375 g/mol. The van der Waals surface area contributed by atoms with Crippen LogP contribution in [0.15, 0.2) is 47.1 Å². The Kier molecular flexibility index (Phi) is 5.87.